The van der Waals surface area contributed by atoms with Crippen molar-refractivity contribution in [3.05, 3.63) is 41.6 Å². The molecule has 3 rings (SSSR count). The summed E-state index contributed by atoms with van der Waals surface area (Å²) in [5, 5.41) is 3.83. The Hall–Kier alpha value is -2.56. The van der Waals surface area contributed by atoms with Crippen molar-refractivity contribution in [1.29, 1.82) is 0 Å². The summed E-state index contributed by atoms with van der Waals surface area (Å²) in [6.45, 7) is 1.71. The molecule has 2 N–H and O–H groups in total. The van der Waals surface area contributed by atoms with Crippen LogP contribution in [0.5, 0.6) is 0 Å². The summed E-state index contributed by atoms with van der Waals surface area (Å²) in [5.41, 5.74) is 5.03. The van der Waals surface area contributed by atoms with Crippen LogP contribution in [-0.2, 0) is 20.8 Å². The van der Waals surface area contributed by atoms with E-state index >= 15 is 0 Å². The largest absolute Gasteiger partial charge is 0.416 e. The molecule has 0 unspecified atom stereocenters. The van der Waals surface area contributed by atoms with E-state index in [0.29, 0.717) is 43.3 Å². The molecule has 0 radical (unpaired) electrons. The summed E-state index contributed by atoms with van der Waals surface area (Å²) < 4.78 is 69.4. The van der Waals surface area contributed by atoms with Gasteiger partial charge in [0, 0.05) is 12.1 Å². The minimum Gasteiger partial charge on any atom is -0.368 e. The van der Waals surface area contributed by atoms with Gasteiger partial charge in [-0.15, -0.1) is 0 Å². The Morgan fingerprint density at radius 1 is 1.23 bits per heavy atom. The van der Waals surface area contributed by atoms with Gasteiger partial charge in [0.05, 0.1) is 28.5 Å². The summed E-state index contributed by atoms with van der Waals surface area (Å²) in [7, 11) is -3.86. The number of carbonyl (C=O) groups excluding carboxylic acids is 1. The number of sulfone groups is 1. The van der Waals surface area contributed by atoms with Crippen LogP contribution in [0.1, 0.15) is 36.9 Å². The second-order valence-corrected chi connectivity index (χ2v) is 9.92. The third-order valence-corrected chi connectivity index (χ3v) is 7.34. The highest BCUT2D eigenvalue weighted by Crippen LogP contribution is 2.34. The van der Waals surface area contributed by atoms with Crippen molar-refractivity contribution in [3.8, 4) is 0 Å². The fourth-order valence-electron chi connectivity index (χ4n) is 3.94. The zero-order valence-electron chi connectivity index (χ0n) is 16.9. The number of benzene rings is 1. The highest BCUT2D eigenvalue weighted by atomic mass is 32.2. The number of carbonyl (C=O) groups is 1. The molecule has 0 bridgehead atoms. The molecule has 170 valence electrons. The third kappa shape index (κ3) is 5.78. The number of hydrogen-bond acceptors (Lipinski definition) is 6. The maximum atomic E-state index is 12.9. The minimum atomic E-state index is -4.60. The van der Waals surface area contributed by atoms with Gasteiger partial charge in [-0.25, -0.2) is 8.42 Å². The van der Waals surface area contributed by atoms with Crippen molar-refractivity contribution in [2.24, 2.45) is 11.7 Å². The van der Waals surface area contributed by atoms with E-state index in [0.717, 1.165) is 12.1 Å². The zero-order valence-corrected chi connectivity index (χ0v) is 17.7. The van der Waals surface area contributed by atoms with Crippen LogP contribution in [0.15, 0.2) is 39.8 Å². The van der Waals surface area contributed by atoms with E-state index in [-0.39, 0.29) is 29.2 Å². The van der Waals surface area contributed by atoms with E-state index in [2.05, 4.69) is 5.16 Å². The monoisotopic (exact) mass is 459 g/mol. The van der Waals surface area contributed by atoms with Crippen molar-refractivity contribution in [2.45, 2.75) is 49.7 Å². The van der Waals surface area contributed by atoms with Crippen molar-refractivity contribution in [1.82, 2.24) is 5.16 Å². The van der Waals surface area contributed by atoms with Gasteiger partial charge in [0.25, 0.3) is 0 Å². The van der Waals surface area contributed by atoms with Gasteiger partial charge in [-0.2, -0.15) is 13.2 Å². The number of halogens is 3. The number of aromatic nitrogens is 1. The highest BCUT2D eigenvalue weighted by Gasteiger charge is 2.34. The Kier molecular flexibility index (Phi) is 6.63. The molecule has 1 aliphatic carbocycles. The summed E-state index contributed by atoms with van der Waals surface area (Å²) in [6, 6.07) is 5.45. The van der Waals surface area contributed by atoms with E-state index in [9.17, 15) is 26.4 Å². The van der Waals surface area contributed by atoms with Crippen molar-refractivity contribution < 1.29 is 30.9 Å². The number of nitrogens with two attached hydrogens (primary N) is 1. The van der Waals surface area contributed by atoms with Crippen LogP contribution in [0, 0.1) is 12.8 Å². The first kappa shape index (κ1) is 23.1. The summed E-state index contributed by atoms with van der Waals surface area (Å²) >= 11 is 0. The second-order valence-electron chi connectivity index (χ2n) is 7.88. The van der Waals surface area contributed by atoms with Crippen LogP contribution in [-0.4, -0.2) is 37.8 Å². The maximum absolute atomic E-state index is 12.9. The molecule has 1 heterocycles. The average molecular weight is 459 g/mol. The predicted octanol–water partition coefficient (Wildman–Crippen LogP) is 3.33. The Morgan fingerprint density at radius 3 is 2.45 bits per heavy atom. The lowest BCUT2D eigenvalue weighted by molar-refractivity contribution is -0.137. The van der Waals surface area contributed by atoms with E-state index < -0.39 is 27.5 Å². The molecule has 31 heavy (non-hydrogen) atoms. The zero-order chi connectivity index (χ0) is 22.8. The number of alkyl halides is 3. The summed E-state index contributed by atoms with van der Waals surface area (Å²) in [4.78, 5) is 12.9. The molecule has 11 heteroatoms. The highest BCUT2D eigenvalue weighted by molar-refractivity contribution is 7.91. The average Bonchev–Trinajstić information content (AvgIpc) is 3.12. The van der Waals surface area contributed by atoms with Crippen LogP contribution in [0.2, 0.25) is 0 Å². The van der Waals surface area contributed by atoms with Gasteiger partial charge in [0.2, 0.25) is 11.8 Å². The maximum Gasteiger partial charge on any atom is 0.416 e. The molecule has 1 aromatic carbocycles. The van der Waals surface area contributed by atoms with Crippen LogP contribution in [0.25, 0.3) is 0 Å². The SMILES string of the molecule is Cc1cc(N(CC(N)=O)C2CCC(CS(=O)(=O)c3cccc(C(F)(F)F)c3)CC2)on1. The molecular formula is C20H24F3N3O4S. The predicted molar refractivity (Wildman–Crippen MR) is 107 cm³/mol. The Labute approximate surface area is 178 Å². The number of hydrogen-bond donors (Lipinski definition) is 1. The fourth-order valence-corrected chi connectivity index (χ4v) is 5.67. The summed E-state index contributed by atoms with van der Waals surface area (Å²) in [6.07, 6.45) is -2.32. The van der Waals surface area contributed by atoms with E-state index in [1.807, 2.05) is 0 Å². The molecule has 1 amide bonds. The molecule has 1 saturated carbocycles. The van der Waals surface area contributed by atoms with Gasteiger partial charge in [-0.3, -0.25) is 4.79 Å². The molecule has 1 aliphatic rings. The Balaban J connectivity index is 1.67. The number of anilines is 1. The van der Waals surface area contributed by atoms with E-state index in [1.165, 1.54) is 6.07 Å². The standard InChI is InChI=1S/C20H24F3N3O4S/c1-13-9-19(30-25-13)26(11-18(24)27)16-7-5-14(6-8-16)12-31(28,29)17-4-2-3-15(10-17)20(21,22)23/h2-4,9-10,14,16H,5-8,11-12H2,1H3,(H2,24,27). The molecule has 0 aliphatic heterocycles. The number of amides is 1. The molecule has 0 atom stereocenters. The van der Waals surface area contributed by atoms with Gasteiger partial charge in [0.1, 0.15) is 0 Å². The molecule has 0 saturated heterocycles. The molecule has 1 aromatic heterocycles. The lowest BCUT2D eigenvalue weighted by atomic mass is 9.86. The first-order valence-electron chi connectivity index (χ1n) is 9.84. The van der Waals surface area contributed by atoms with Crippen molar-refractivity contribution >= 4 is 21.6 Å². The normalized spacial score (nSPS) is 19.9. The van der Waals surface area contributed by atoms with Crippen LogP contribution < -0.4 is 10.6 Å². The molecular weight excluding hydrogens is 435 g/mol. The van der Waals surface area contributed by atoms with Gasteiger partial charge >= 0.3 is 6.18 Å². The van der Waals surface area contributed by atoms with Crippen LogP contribution in [0.3, 0.4) is 0 Å². The first-order chi connectivity index (χ1) is 14.5. The lowest BCUT2D eigenvalue weighted by Gasteiger charge is -2.35. The lowest BCUT2D eigenvalue weighted by Crippen LogP contribution is -2.43. The number of primary amides is 1. The fraction of sp³-hybridized carbons (Fsp3) is 0.500. The minimum absolute atomic E-state index is 0.0491. The van der Waals surface area contributed by atoms with Crippen LogP contribution in [0.4, 0.5) is 19.1 Å². The Morgan fingerprint density at radius 2 is 1.90 bits per heavy atom. The van der Waals surface area contributed by atoms with Crippen molar-refractivity contribution in [3.63, 3.8) is 0 Å². The molecule has 2 aromatic rings. The van der Waals surface area contributed by atoms with Gasteiger partial charge in [-0.05, 0) is 56.7 Å². The van der Waals surface area contributed by atoms with Gasteiger partial charge in [-0.1, -0.05) is 11.2 Å². The summed E-state index contributed by atoms with van der Waals surface area (Å²) in [5.74, 6) is -0.513. The van der Waals surface area contributed by atoms with Gasteiger partial charge < -0.3 is 15.2 Å². The third-order valence-electron chi connectivity index (χ3n) is 5.46. The molecule has 7 nitrogen and oxygen atoms in total. The van der Waals surface area contributed by atoms with Gasteiger partial charge in [0.15, 0.2) is 9.84 Å². The number of nitrogens with zero attached hydrogens (tertiary/aromatic N) is 2. The first-order valence-corrected chi connectivity index (χ1v) is 11.5. The topological polar surface area (TPSA) is 106 Å². The quantitative estimate of drug-likeness (QED) is 0.681. The smallest absolute Gasteiger partial charge is 0.368 e. The van der Waals surface area contributed by atoms with E-state index in [1.54, 1.807) is 17.9 Å². The van der Waals surface area contributed by atoms with Crippen LogP contribution >= 0.6 is 0 Å². The molecule has 1 fully saturated rings. The second kappa shape index (κ2) is 8.89. The number of aryl methyl sites for hydroxylation is 1. The number of rotatable bonds is 7. The molecule has 0 spiro atoms. The van der Waals surface area contributed by atoms with Crippen molar-refractivity contribution in [2.75, 3.05) is 17.2 Å². The Bertz CT molecular complexity index is 1030. The van der Waals surface area contributed by atoms with E-state index in [4.69, 9.17) is 10.3 Å².